The molecule has 0 aromatic rings. The third kappa shape index (κ3) is 24.6. The Kier molecular flexibility index (Phi) is 17.5. The predicted molar refractivity (Wildman–Crippen MR) is 62.3 cm³/mol. The molecule has 0 saturated carbocycles. The first-order valence-electron chi connectivity index (χ1n) is 5.57. The molecule has 15 heavy (non-hydrogen) atoms. The number of nitrogens with two attached hydrogens (primary N) is 2. The fraction of sp³-hybridized carbons (Fsp3) is 0.818. The lowest BCUT2D eigenvalue weighted by molar-refractivity contribution is -0.108. The van der Waals surface area contributed by atoms with E-state index >= 15 is 0 Å². The van der Waals surface area contributed by atoms with Crippen molar-refractivity contribution >= 4 is 12.6 Å². The topological polar surface area (TPSA) is 86.2 Å². The van der Waals surface area contributed by atoms with Crippen LogP contribution in [0, 0.1) is 0 Å². The van der Waals surface area contributed by atoms with Crippen LogP contribution in [0.15, 0.2) is 0 Å². The summed E-state index contributed by atoms with van der Waals surface area (Å²) in [7, 11) is 0. The van der Waals surface area contributed by atoms with Crippen molar-refractivity contribution in [1.82, 2.24) is 0 Å². The maximum Gasteiger partial charge on any atom is 0.120 e. The Balaban J connectivity index is 0. The molecule has 0 saturated heterocycles. The largest absolute Gasteiger partial charge is 0.316 e. The van der Waals surface area contributed by atoms with Gasteiger partial charge in [-0.25, -0.2) is 0 Å². The number of hydrogen-bond acceptors (Lipinski definition) is 4. The maximum absolute atomic E-state index is 9.56. The third-order valence-electron chi connectivity index (χ3n) is 1.78. The molecular formula is C11H24N2O2. The molecule has 0 aliphatic carbocycles. The molecule has 4 N–H and O–H groups in total. The minimum absolute atomic E-state index is 0.0958. The first-order valence-corrected chi connectivity index (χ1v) is 5.57. The van der Waals surface area contributed by atoms with Crippen LogP contribution in [0.4, 0.5) is 0 Å². The van der Waals surface area contributed by atoms with Crippen molar-refractivity contribution in [2.45, 2.75) is 58.0 Å². The lowest BCUT2D eigenvalue weighted by atomic mass is 10.2. The van der Waals surface area contributed by atoms with Crippen molar-refractivity contribution < 1.29 is 9.59 Å². The van der Waals surface area contributed by atoms with E-state index in [1.54, 1.807) is 0 Å². The molecule has 0 rings (SSSR count). The maximum atomic E-state index is 9.56. The van der Waals surface area contributed by atoms with Crippen LogP contribution in [-0.4, -0.2) is 18.7 Å². The number of unbranched alkanes of at least 4 members (excludes halogenated alkanes) is 4. The molecule has 4 nitrogen and oxygen atoms in total. The summed E-state index contributed by atoms with van der Waals surface area (Å²) in [5, 5.41) is 0. The summed E-state index contributed by atoms with van der Waals surface area (Å²) in [6.07, 6.45) is 7.92. The first kappa shape index (κ1) is 16.7. The Labute approximate surface area is 92.4 Å². The lowest BCUT2D eigenvalue weighted by Crippen LogP contribution is -2.29. The van der Waals surface area contributed by atoms with E-state index in [0.29, 0.717) is 19.3 Å². The highest BCUT2D eigenvalue weighted by Crippen LogP contribution is 1.97. The molecule has 0 fully saturated rings. The SMILES string of the molecule is CCCCCC(N)N.O=CCCCC=O. The van der Waals surface area contributed by atoms with Crippen molar-refractivity contribution in [2.75, 3.05) is 0 Å². The van der Waals surface area contributed by atoms with Crippen LogP contribution in [0.5, 0.6) is 0 Å². The van der Waals surface area contributed by atoms with E-state index in [1.165, 1.54) is 19.3 Å². The first-order chi connectivity index (χ1) is 7.18. The van der Waals surface area contributed by atoms with E-state index < -0.39 is 0 Å². The Morgan fingerprint density at radius 3 is 1.87 bits per heavy atom. The Bertz CT molecular complexity index is 131. The molecule has 4 heteroatoms. The highest BCUT2D eigenvalue weighted by atomic mass is 16.1. The molecule has 0 unspecified atom stereocenters. The van der Waals surface area contributed by atoms with Crippen LogP contribution in [0.1, 0.15) is 51.9 Å². The van der Waals surface area contributed by atoms with E-state index in [-0.39, 0.29) is 6.17 Å². The van der Waals surface area contributed by atoms with Crippen LogP contribution >= 0.6 is 0 Å². The number of hydrogen-bond donors (Lipinski definition) is 2. The van der Waals surface area contributed by atoms with E-state index in [1.807, 2.05) is 0 Å². The van der Waals surface area contributed by atoms with Crippen LogP contribution < -0.4 is 11.5 Å². The molecule has 0 spiro atoms. The van der Waals surface area contributed by atoms with Crippen LogP contribution in [0.2, 0.25) is 0 Å². The van der Waals surface area contributed by atoms with Crippen LogP contribution in [0.3, 0.4) is 0 Å². The van der Waals surface area contributed by atoms with Crippen molar-refractivity contribution in [3.8, 4) is 0 Å². The summed E-state index contributed by atoms with van der Waals surface area (Å²) < 4.78 is 0. The van der Waals surface area contributed by atoms with Gasteiger partial charge in [-0.3, -0.25) is 0 Å². The van der Waals surface area contributed by atoms with E-state index in [9.17, 15) is 9.59 Å². The van der Waals surface area contributed by atoms with Crippen LogP contribution in [-0.2, 0) is 9.59 Å². The molecule has 0 aromatic carbocycles. The molecule has 0 bridgehead atoms. The van der Waals surface area contributed by atoms with Gasteiger partial charge < -0.3 is 21.1 Å². The van der Waals surface area contributed by atoms with Gasteiger partial charge in [0.1, 0.15) is 12.6 Å². The van der Waals surface area contributed by atoms with Gasteiger partial charge >= 0.3 is 0 Å². The molecular weight excluding hydrogens is 192 g/mol. The number of carbonyl (C=O) groups excluding carboxylic acids is 2. The van der Waals surface area contributed by atoms with E-state index in [4.69, 9.17) is 11.5 Å². The summed E-state index contributed by atoms with van der Waals surface area (Å²) >= 11 is 0. The van der Waals surface area contributed by atoms with Crippen molar-refractivity contribution in [3.05, 3.63) is 0 Å². The Hall–Kier alpha value is -0.740. The monoisotopic (exact) mass is 216 g/mol. The smallest absolute Gasteiger partial charge is 0.120 e. The second kappa shape index (κ2) is 15.7. The number of carbonyl (C=O) groups is 2. The molecule has 0 heterocycles. The number of rotatable bonds is 8. The molecule has 0 radical (unpaired) electrons. The van der Waals surface area contributed by atoms with Gasteiger partial charge in [-0.2, -0.15) is 0 Å². The summed E-state index contributed by atoms with van der Waals surface area (Å²) in [4.78, 5) is 19.1. The average molecular weight is 216 g/mol. The van der Waals surface area contributed by atoms with Gasteiger partial charge in [-0.15, -0.1) is 0 Å². The van der Waals surface area contributed by atoms with Gasteiger partial charge in [0.15, 0.2) is 0 Å². The number of aldehydes is 2. The minimum atomic E-state index is -0.0958. The zero-order valence-corrected chi connectivity index (χ0v) is 9.65. The Morgan fingerprint density at radius 2 is 1.53 bits per heavy atom. The molecule has 90 valence electrons. The highest BCUT2D eigenvalue weighted by Gasteiger charge is 1.90. The quantitative estimate of drug-likeness (QED) is 0.364. The third-order valence-corrected chi connectivity index (χ3v) is 1.78. The summed E-state index contributed by atoms with van der Waals surface area (Å²) in [5.74, 6) is 0. The lowest BCUT2D eigenvalue weighted by Gasteiger charge is -2.01. The summed E-state index contributed by atoms with van der Waals surface area (Å²) in [6.45, 7) is 2.17. The summed E-state index contributed by atoms with van der Waals surface area (Å²) in [5.41, 5.74) is 10.6. The minimum Gasteiger partial charge on any atom is -0.316 e. The molecule has 0 aliphatic heterocycles. The summed E-state index contributed by atoms with van der Waals surface area (Å²) in [6, 6.07) is 0. The van der Waals surface area contributed by atoms with Crippen molar-refractivity contribution in [1.29, 1.82) is 0 Å². The second-order valence-corrected chi connectivity index (χ2v) is 3.42. The second-order valence-electron chi connectivity index (χ2n) is 3.42. The van der Waals surface area contributed by atoms with Gasteiger partial charge in [0.2, 0.25) is 0 Å². The van der Waals surface area contributed by atoms with Gasteiger partial charge in [0, 0.05) is 12.8 Å². The molecule has 0 aromatic heterocycles. The molecule has 0 aliphatic rings. The zero-order valence-electron chi connectivity index (χ0n) is 9.65. The fourth-order valence-corrected chi connectivity index (χ4v) is 0.915. The predicted octanol–water partition coefficient (Wildman–Crippen LogP) is 1.36. The van der Waals surface area contributed by atoms with Gasteiger partial charge in [-0.05, 0) is 12.8 Å². The van der Waals surface area contributed by atoms with Crippen molar-refractivity contribution in [3.63, 3.8) is 0 Å². The highest BCUT2D eigenvalue weighted by molar-refractivity contribution is 5.52. The van der Waals surface area contributed by atoms with Crippen molar-refractivity contribution in [2.24, 2.45) is 11.5 Å². The normalized spacial score (nSPS) is 9.33. The van der Waals surface area contributed by atoms with Crippen LogP contribution in [0.25, 0.3) is 0 Å². The molecule has 0 amide bonds. The Morgan fingerprint density at radius 1 is 1.00 bits per heavy atom. The van der Waals surface area contributed by atoms with E-state index in [0.717, 1.165) is 19.0 Å². The standard InChI is InChI=1S/C6H16N2.C5H8O2/c1-2-3-4-5-6(7)8;6-4-2-1-3-5-7/h6H,2-5,7-8H2,1H3;4-5H,1-3H2. The molecule has 0 atom stereocenters. The van der Waals surface area contributed by atoms with E-state index in [2.05, 4.69) is 6.92 Å². The van der Waals surface area contributed by atoms with Gasteiger partial charge in [0.25, 0.3) is 0 Å². The fourth-order valence-electron chi connectivity index (χ4n) is 0.915. The van der Waals surface area contributed by atoms with Gasteiger partial charge in [0.05, 0.1) is 6.17 Å². The zero-order chi connectivity index (χ0) is 11.9. The average Bonchev–Trinajstić information content (AvgIpc) is 2.20. The van der Waals surface area contributed by atoms with Gasteiger partial charge in [-0.1, -0.05) is 26.2 Å².